The van der Waals surface area contributed by atoms with E-state index >= 15 is 0 Å². The first kappa shape index (κ1) is 12.0. The summed E-state index contributed by atoms with van der Waals surface area (Å²) in [6.45, 7) is 10.2. The molecule has 0 heterocycles. The zero-order valence-electron chi connectivity index (χ0n) is 10.4. The maximum atomic E-state index is 11.0. The number of carbonyl (C=O) groups is 1. The molecule has 0 amide bonds. The second kappa shape index (κ2) is 4.61. The Hall–Kier alpha value is -1.11. The summed E-state index contributed by atoms with van der Waals surface area (Å²) in [5.74, 6) is 0.271. The van der Waals surface area contributed by atoms with Gasteiger partial charge in [0, 0.05) is 6.42 Å². The zero-order chi connectivity index (χ0) is 11.6. The largest absolute Gasteiger partial charge is 0.300 e. The Bertz CT molecular complexity index is 363. The van der Waals surface area contributed by atoms with Gasteiger partial charge in [-0.2, -0.15) is 0 Å². The lowest BCUT2D eigenvalue weighted by Gasteiger charge is -2.14. The average molecular weight is 204 g/mol. The summed E-state index contributed by atoms with van der Waals surface area (Å²) < 4.78 is 0. The molecule has 1 aromatic rings. The van der Waals surface area contributed by atoms with Gasteiger partial charge in [0.2, 0.25) is 0 Å². The van der Waals surface area contributed by atoms with Gasteiger partial charge >= 0.3 is 0 Å². The number of hydrogen-bond acceptors (Lipinski definition) is 1. The van der Waals surface area contributed by atoms with Gasteiger partial charge in [-0.1, -0.05) is 6.07 Å². The smallest absolute Gasteiger partial charge is 0.130 e. The van der Waals surface area contributed by atoms with E-state index in [0.717, 1.165) is 6.42 Å². The Morgan fingerprint density at radius 1 is 1.07 bits per heavy atom. The van der Waals surface area contributed by atoms with Crippen LogP contribution in [0.4, 0.5) is 0 Å². The average Bonchev–Trinajstić information content (AvgIpc) is 2.14. The van der Waals surface area contributed by atoms with Crippen molar-refractivity contribution in [2.45, 2.75) is 47.5 Å². The minimum atomic E-state index is 0.271. The summed E-state index contributed by atoms with van der Waals surface area (Å²) in [6, 6.07) is 2.22. The summed E-state index contributed by atoms with van der Waals surface area (Å²) in [7, 11) is 0. The molecule has 0 saturated carbocycles. The van der Waals surface area contributed by atoms with E-state index in [1.165, 1.54) is 27.8 Å². The van der Waals surface area contributed by atoms with Crippen molar-refractivity contribution in [2.75, 3.05) is 0 Å². The fourth-order valence-electron chi connectivity index (χ4n) is 1.97. The van der Waals surface area contributed by atoms with Gasteiger partial charge in [0.25, 0.3) is 0 Å². The van der Waals surface area contributed by atoms with Crippen LogP contribution in [0.2, 0.25) is 0 Å². The van der Waals surface area contributed by atoms with Crippen molar-refractivity contribution in [3.63, 3.8) is 0 Å². The molecule has 82 valence electrons. The molecule has 0 N–H and O–H groups in total. The second-order valence-corrected chi connectivity index (χ2v) is 4.44. The summed E-state index contributed by atoms with van der Waals surface area (Å²) >= 11 is 0. The molecule has 15 heavy (non-hydrogen) atoms. The van der Waals surface area contributed by atoms with E-state index in [1.54, 1.807) is 6.92 Å². The van der Waals surface area contributed by atoms with Crippen molar-refractivity contribution in [1.82, 2.24) is 0 Å². The van der Waals surface area contributed by atoms with Crippen LogP contribution < -0.4 is 0 Å². The van der Waals surface area contributed by atoms with Gasteiger partial charge in [-0.05, 0) is 68.9 Å². The summed E-state index contributed by atoms with van der Waals surface area (Å²) in [5, 5.41) is 0. The predicted octanol–water partition coefficient (Wildman–Crippen LogP) is 3.44. The van der Waals surface area contributed by atoms with Crippen molar-refractivity contribution in [2.24, 2.45) is 0 Å². The molecule has 0 aliphatic heterocycles. The second-order valence-electron chi connectivity index (χ2n) is 4.44. The number of benzene rings is 1. The molecule has 1 rings (SSSR count). The Morgan fingerprint density at radius 3 is 1.93 bits per heavy atom. The van der Waals surface area contributed by atoms with Gasteiger partial charge in [-0.25, -0.2) is 0 Å². The molecule has 0 fully saturated rings. The summed E-state index contributed by atoms with van der Waals surface area (Å²) in [5.41, 5.74) is 6.72. The van der Waals surface area contributed by atoms with Gasteiger partial charge in [-0.15, -0.1) is 0 Å². The molecule has 0 aromatic heterocycles. The van der Waals surface area contributed by atoms with Crippen LogP contribution in [0.5, 0.6) is 0 Å². The maximum Gasteiger partial charge on any atom is 0.130 e. The van der Waals surface area contributed by atoms with Crippen molar-refractivity contribution in [1.29, 1.82) is 0 Å². The van der Waals surface area contributed by atoms with E-state index in [0.29, 0.717) is 6.42 Å². The van der Waals surface area contributed by atoms with Gasteiger partial charge in [0.1, 0.15) is 5.78 Å². The van der Waals surface area contributed by atoms with Crippen LogP contribution in [-0.2, 0) is 11.2 Å². The first-order valence-electron chi connectivity index (χ1n) is 5.49. The predicted molar refractivity (Wildman–Crippen MR) is 64.4 cm³/mol. The summed E-state index contributed by atoms with van der Waals surface area (Å²) in [6.07, 6.45) is 1.54. The third-order valence-electron chi connectivity index (χ3n) is 3.25. The number of ketones is 1. The molecule has 1 nitrogen and oxygen atoms in total. The van der Waals surface area contributed by atoms with Gasteiger partial charge in [0.05, 0.1) is 0 Å². The Kier molecular flexibility index (Phi) is 3.67. The molecule has 0 bridgehead atoms. The van der Waals surface area contributed by atoms with Crippen LogP contribution in [0.3, 0.4) is 0 Å². The molecule has 0 atom stereocenters. The van der Waals surface area contributed by atoms with Crippen LogP contribution in [-0.4, -0.2) is 5.78 Å². The lowest BCUT2D eigenvalue weighted by molar-refractivity contribution is -0.116. The monoisotopic (exact) mass is 204 g/mol. The highest BCUT2D eigenvalue weighted by atomic mass is 16.1. The van der Waals surface area contributed by atoms with Crippen molar-refractivity contribution < 1.29 is 4.79 Å². The number of Topliss-reactive ketones (excluding diaryl/α,β-unsaturated/α-hetero) is 1. The molecule has 0 aliphatic carbocycles. The molecule has 1 heteroatoms. The first-order chi connectivity index (χ1) is 6.93. The maximum absolute atomic E-state index is 11.0. The first-order valence-corrected chi connectivity index (χ1v) is 5.49. The van der Waals surface area contributed by atoms with E-state index < -0.39 is 0 Å². The van der Waals surface area contributed by atoms with Crippen LogP contribution in [0.15, 0.2) is 6.07 Å². The van der Waals surface area contributed by atoms with Crippen LogP contribution in [0, 0.1) is 27.7 Å². The third-order valence-corrected chi connectivity index (χ3v) is 3.25. The Morgan fingerprint density at radius 2 is 1.53 bits per heavy atom. The molecule has 0 spiro atoms. The molecule has 0 saturated heterocycles. The van der Waals surface area contributed by atoms with Crippen LogP contribution in [0.25, 0.3) is 0 Å². The molecular formula is C14H20O. The number of hydrogen-bond donors (Lipinski definition) is 0. The molecule has 0 radical (unpaired) electrons. The molecule has 0 aliphatic rings. The molecule has 1 aromatic carbocycles. The standard InChI is InChI=1S/C14H20O/c1-9-8-10(2)13(5)14(12(9)4)7-6-11(3)15/h8H,6-7H2,1-5H3. The quantitative estimate of drug-likeness (QED) is 0.737. The van der Waals surface area contributed by atoms with Gasteiger partial charge < -0.3 is 4.79 Å². The minimum absolute atomic E-state index is 0.271. The van der Waals surface area contributed by atoms with E-state index in [2.05, 4.69) is 33.8 Å². The Balaban J connectivity index is 3.09. The lowest BCUT2D eigenvalue weighted by Crippen LogP contribution is -2.02. The number of aryl methyl sites for hydroxylation is 2. The highest BCUT2D eigenvalue weighted by molar-refractivity contribution is 5.75. The van der Waals surface area contributed by atoms with Crippen molar-refractivity contribution >= 4 is 5.78 Å². The number of carbonyl (C=O) groups excluding carboxylic acids is 1. The topological polar surface area (TPSA) is 17.1 Å². The van der Waals surface area contributed by atoms with Crippen molar-refractivity contribution in [3.05, 3.63) is 33.9 Å². The van der Waals surface area contributed by atoms with Gasteiger partial charge in [0.15, 0.2) is 0 Å². The molecular weight excluding hydrogens is 184 g/mol. The highest BCUT2D eigenvalue weighted by Crippen LogP contribution is 2.22. The lowest BCUT2D eigenvalue weighted by atomic mass is 9.91. The van der Waals surface area contributed by atoms with E-state index in [-0.39, 0.29) is 5.78 Å². The normalized spacial score (nSPS) is 10.5. The fourth-order valence-corrected chi connectivity index (χ4v) is 1.97. The third kappa shape index (κ3) is 2.68. The Labute approximate surface area is 92.5 Å². The summed E-state index contributed by atoms with van der Waals surface area (Å²) in [4.78, 5) is 11.0. The zero-order valence-corrected chi connectivity index (χ0v) is 10.4. The number of rotatable bonds is 3. The van der Waals surface area contributed by atoms with Gasteiger partial charge in [-0.3, -0.25) is 0 Å². The van der Waals surface area contributed by atoms with Crippen LogP contribution in [0.1, 0.15) is 41.2 Å². The van der Waals surface area contributed by atoms with E-state index in [4.69, 9.17) is 0 Å². The SMILES string of the molecule is CC(=O)CCc1c(C)c(C)cc(C)c1C. The highest BCUT2D eigenvalue weighted by Gasteiger charge is 2.08. The fraction of sp³-hybridized carbons (Fsp3) is 0.500. The molecule has 0 unspecified atom stereocenters. The van der Waals surface area contributed by atoms with E-state index in [9.17, 15) is 4.79 Å². The van der Waals surface area contributed by atoms with Crippen LogP contribution >= 0.6 is 0 Å². The minimum Gasteiger partial charge on any atom is -0.300 e. The van der Waals surface area contributed by atoms with Crippen molar-refractivity contribution in [3.8, 4) is 0 Å². The van der Waals surface area contributed by atoms with E-state index in [1.807, 2.05) is 0 Å².